The van der Waals surface area contributed by atoms with E-state index >= 15 is 0 Å². The summed E-state index contributed by atoms with van der Waals surface area (Å²) in [5.41, 5.74) is 1.21. The van der Waals surface area contributed by atoms with Crippen molar-refractivity contribution in [1.82, 2.24) is 9.62 Å². The van der Waals surface area contributed by atoms with Crippen LogP contribution < -0.4 is 4.72 Å². The number of hydrogen-bond acceptors (Lipinski definition) is 4. The Balaban J connectivity index is 1.39. The standard InChI is InChI=1S/C21H22N2O3S2/c1-15-19-10-13-27-20(19)9-12-23(15)21(24)8-11-22-28(25,26)18-7-6-16-4-2-3-5-17(16)14-18/h2-7,10,13-15,22H,8-9,11-12H2,1H3/t15-/m0/s1. The number of rotatable bonds is 5. The van der Waals surface area contributed by atoms with Gasteiger partial charge in [-0.3, -0.25) is 4.79 Å². The first kappa shape index (κ1) is 19.1. The minimum Gasteiger partial charge on any atom is -0.335 e. The number of sulfonamides is 1. The number of amides is 1. The number of thiophene rings is 1. The number of fused-ring (bicyclic) bond motifs is 2. The third kappa shape index (κ3) is 3.70. The fraction of sp³-hybridized carbons (Fsp3) is 0.286. The number of nitrogens with one attached hydrogen (secondary N) is 1. The lowest BCUT2D eigenvalue weighted by Crippen LogP contribution is -2.39. The summed E-state index contributed by atoms with van der Waals surface area (Å²) in [6.07, 6.45) is 1.02. The molecule has 1 amide bonds. The zero-order chi connectivity index (χ0) is 19.7. The van der Waals surface area contributed by atoms with Crippen molar-refractivity contribution in [2.45, 2.75) is 30.7 Å². The van der Waals surface area contributed by atoms with Crippen LogP contribution in [-0.4, -0.2) is 32.3 Å². The van der Waals surface area contributed by atoms with Gasteiger partial charge in [-0.05, 0) is 53.3 Å². The first-order chi connectivity index (χ1) is 13.5. The summed E-state index contributed by atoms with van der Waals surface area (Å²) in [5, 5.41) is 3.92. The summed E-state index contributed by atoms with van der Waals surface area (Å²) >= 11 is 1.73. The zero-order valence-electron chi connectivity index (χ0n) is 15.6. The Kier molecular flexibility index (Phi) is 5.23. The third-order valence-electron chi connectivity index (χ3n) is 5.26. The zero-order valence-corrected chi connectivity index (χ0v) is 17.2. The maximum Gasteiger partial charge on any atom is 0.240 e. The molecule has 0 radical (unpaired) electrons. The second-order valence-electron chi connectivity index (χ2n) is 6.97. The van der Waals surface area contributed by atoms with E-state index in [4.69, 9.17) is 0 Å². The van der Waals surface area contributed by atoms with E-state index in [2.05, 4.69) is 16.2 Å². The van der Waals surface area contributed by atoms with E-state index in [1.807, 2.05) is 36.1 Å². The van der Waals surface area contributed by atoms with Crippen molar-refractivity contribution >= 4 is 38.0 Å². The maximum absolute atomic E-state index is 12.6. The number of nitrogens with zero attached hydrogens (tertiary/aromatic N) is 1. The number of carbonyl (C=O) groups excluding carboxylic acids is 1. The molecule has 5 nitrogen and oxygen atoms in total. The number of carbonyl (C=O) groups is 1. The predicted octanol–water partition coefficient (Wildman–Crippen LogP) is 3.72. The Morgan fingerprint density at radius 2 is 1.96 bits per heavy atom. The van der Waals surface area contributed by atoms with Crippen LogP contribution in [0.25, 0.3) is 10.8 Å². The van der Waals surface area contributed by atoms with Crippen molar-refractivity contribution in [3.63, 3.8) is 0 Å². The molecule has 1 atom stereocenters. The molecule has 1 aliphatic heterocycles. The van der Waals surface area contributed by atoms with Gasteiger partial charge in [0, 0.05) is 24.4 Å². The largest absolute Gasteiger partial charge is 0.335 e. The normalized spacial score (nSPS) is 16.9. The molecule has 28 heavy (non-hydrogen) atoms. The molecule has 7 heteroatoms. The maximum atomic E-state index is 12.6. The average molecular weight is 415 g/mol. The monoisotopic (exact) mass is 414 g/mol. The van der Waals surface area contributed by atoms with Crippen LogP contribution in [0, 0.1) is 0 Å². The molecule has 0 unspecified atom stereocenters. The molecule has 2 aromatic carbocycles. The Hall–Kier alpha value is -2.22. The van der Waals surface area contributed by atoms with Crippen molar-refractivity contribution in [2.24, 2.45) is 0 Å². The summed E-state index contributed by atoms with van der Waals surface area (Å²) in [6, 6.07) is 14.8. The lowest BCUT2D eigenvalue weighted by molar-refractivity contribution is -0.133. The van der Waals surface area contributed by atoms with E-state index in [9.17, 15) is 13.2 Å². The highest BCUT2D eigenvalue weighted by Crippen LogP contribution is 2.33. The Morgan fingerprint density at radius 1 is 1.18 bits per heavy atom. The Bertz CT molecular complexity index is 1120. The van der Waals surface area contributed by atoms with Gasteiger partial charge in [-0.2, -0.15) is 0 Å². The third-order valence-corrected chi connectivity index (χ3v) is 7.71. The number of hydrogen-bond donors (Lipinski definition) is 1. The molecule has 146 valence electrons. The minimum absolute atomic E-state index is 0.0226. The molecule has 1 aromatic heterocycles. The first-order valence-corrected chi connectivity index (χ1v) is 11.7. The average Bonchev–Trinajstić information content (AvgIpc) is 3.17. The van der Waals surface area contributed by atoms with Crippen molar-refractivity contribution in [1.29, 1.82) is 0 Å². The van der Waals surface area contributed by atoms with Gasteiger partial charge in [0.15, 0.2) is 0 Å². The van der Waals surface area contributed by atoms with Gasteiger partial charge < -0.3 is 4.90 Å². The molecule has 3 aromatic rings. The highest BCUT2D eigenvalue weighted by atomic mass is 32.2. The summed E-state index contributed by atoms with van der Waals surface area (Å²) < 4.78 is 27.8. The van der Waals surface area contributed by atoms with Crippen LogP contribution in [0.2, 0.25) is 0 Å². The molecule has 1 N–H and O–H groups in total. The van der Waals surface area contributed by atoms with Crippen molar-refractivity contribution in [3.8, 4) is 0 Å². The van der Waals surface area contributed by atoms with Crippen LogP contribution in [0.4, 0.5) is 0 Å². The van der Waals surface area contributed by atoms with E-state index in [1.54, 1.807) is 29.5 Å². The van der Waals surface area contributed by atoms with Crippen molar-refractivity contribution < 1.29 is 13.2 Å². The molecule has 0 spiro atoms. The van der Waals surface area contributed by atoms with Crippen molar-refractivity contribution in [3.05, 3.63) is 64.4 Å². The van der Waals surface area contributed by atoms with E-state index in [0.29, 0.717) is 6.54 Å². The summed E-state index contributed by atoms with van der Waals surface area (Å²) in [5.74, 6) is -0.0226. The van der Waals surface area contributed by atoms with E-state index in [-0.39, 0.29) is 29.8 Å². The molecular formula is C21H22N2O3S2. The number of benzene rings is 2. The molecule has 0 saturated carbocycles. The Morgan fingerprint density at radius 3 is 2.79 bits per heavy atom. The lowest BCUT2D eigenvalue weighted by Gasteiger charge is -2.33. The summed E-state index contributed by atoms with van der Waals surface area (Å²) in [4.78, 5) is 16.0. The van der Waals surface area contributed by atoms with Gasteiger partial charge in [0.05, 0.1) is 10.9 Å². The van der Waals surface area contributed by atoms with Gasteiger partial charge in [-0.25, -0.2) is 13.1 Å². The van der Waals surface area contributed by atoms with Crippen LogP contribution >= 0.6 is 11.3 Å². The first-order valence-electron chi connectivity index (χ1n) is 9.30. The molecule has 0 bridgehead atoms. The molecule has 1 aliphatic rings. The summed E-state index contributed by atoms with van der Waals surface area (Å²) in [7, 11) is -3.65. The fourth-order valence-corrected chi connectivity index (χ4v) is 5.73. The second-order valence-corrected chi connectivity index (χ2v) is 9.74. The fourth-order valence-electron chi connectivity index (χ4n) is 3.70. The van der Waals surface area contributed by atoms with Gasteiger partial charge >= 0.3 is 0 Å². The van der Waals surface area contributed by atoms with Crippen LogP contribution in [0.1, 0.15) is 29.8 Å². The lowest BCUT2D eigenvalue weighted by atomic mass is 10.0. The topological polar surface area (TPSA) is 66.5 Å². The van der Waals surface area contributed by atoms with Gasteiger partial charge in [0.2, 0.25) is 15.9 Å². The quantitative estimate of drug-likeness (QED) is 0.692. The molecule has 4 rings (SSSR count). The van der Waals surface area contributed by atoms with Crippen LogP contribution in [-0.2, 0) is 21.2 Å². The molecule has 0 fully saturated rings. The molecule has 0 aliphatic carbocycles. The Labute approximate surface area is 169 Å². The summed E-state index contributed by atoms with van der Waals surface area (Å²) in [6.45, 7) is 2.81. The van der Waals surface area contributed by atoms with Gasteiger partial charge in [0.25, 0.3) is 0 Å². The predicted molar refractivity (Wildman–Crippen MR) is 112 cm³/mol. The van der Waals surface area contributed by atoms with E-state index in [1.165, 1.54) is 10.4 Å². The minimum atomic E-state index is -3.65. The van der Waals surface area contributed by atoms with Crippen LogP contribution in [0.3, 0.4) is 0 Å². The van der Waals surface area contributed by atoms with Crippen LogP contribution in [0.15, 0.2) is 58.8 Å². The van der Waals surface area contributed by atoms with Gasteiger partial charge in [0.1, 0.15) is 0 Å². The van der Waals surface area contributed by atoms with E-state index in [0.717, 1.165) is 17.2 Å². The molecule has 0 saturated heterocycles. The van der Waals surface area contributed by atoms with Gasteiger partial charge in [-0.15, -0.1) is 11.3 Å². The highest BCUT2D eigenvalue weighted by Gasteiger charge is 2.28. The second kappa shape index (κ2) is 7.66. The van der Waals surface area contributed by atoms with Crippen LogP contribution in [0.5, 0.6) is 0 Å². The molecule has 2 heterocycles. The van der Waals surface area contributed by atoms with E-state index < -0.39 is 10.0 Å². The molecular weight excluding hydrogens is 392 g/mol. The SMILES string of the molecule is C[C@H]1c2ccsc2CCN1C(=O)CCNS(=O)(=O)c1ccc2ccccc2c1. The van der Waals surface area contributed by atoms with Gasteiger partial charge in [-0.1, -0.05) is 30.3 Å². The smallest absolute Gasteiger partial charge is 0.240 e. The highest BCUT2D eigenvalue weighted by molar-refractivity contribution is 7.89. The van der Waals surface area contributed by atoms with Crippen molar-refractivity contribution in [2.75, 3.05) is 13.1 Å².